The lowest BCUT2D eigenvalue weighted by Crippen LogP contribution is -2.46. The summed E-state index contributed by atoms with van der Waals surface area (Å²) in [7, 11) is -3.61. The van der Waals surface area contributed by atoms with Crippen LogP contribution in [0.2, 0.25) is 0 Å². The Kier molecular flexibility index (Phi) is 6.30. The molecule has 0 fully saturated rings. The van der Waals surface area contributed by atoms with Crippen LogP contribution in [0.25, 0.3) is 0 Å². The van der Waals surface area contributed by atoms with Crippen molar-refractivity contribution in [3.8, 4) is 0 Å². The zero-order chi connectivity index (χ0) is 17.8. The molecule has 7 heteroatoms. The van der Waals surface area contributed by atoms with Crippen LogP contribution >= 0.6 is 0 Å². The molecule has 1 rings (SSSR count). The lowest BCUT2D eigenvalue weighted by atomic mass is 9.81. The van der Waals surface area contributed by atoms with E-state index in [1.165, 1.54) is 12.1 Å². The van der Waals surface area contributed by atoms with Crippen LogP contribution in [0.1, 0.15) is 45.2 Å². The molecule has 0 heterocycles. The van der Waals surface area contributed by atoms with Gasteiger partial charge in [0.05, 0.1) is 11.5 Å². The van der Waals surface area contributed by atoms with Crippen molar-refractivity contribution in [1.29, 1.82) is 0 Å². The summed E-state index contributed by atoms with van der Waals surface area (Å²) in [6, 6.07) is 3.42. The fraction of sp³-hybridized carbons (Fsp3) is 0.562. The Morgan fingerprint density at radius 1 is 1.35 bits per heavy atom. The van der Waals surface area contributed by atoms with E-state index in [1.54, 1.807) is 6.92 Å². The first-order valence-corrected chi connectivity index (χ1v) is 9.51. The monoisotopic (exact) mass is 344 g/mol. The molecule has 1 amide bonds. The van der Waals surface area contributed by atoms with E-state index in [2.05, 4.69) is 5.32 Å². The lowest BCUT2D eigenvalue weighted by molar-refractivity contribution is -0.131. The molecule has 3 N–H and O–H groups in total. The van der Waals surface area contributed by atoms with Crippen LogP contribution in [0.3, 0.4) is 0 Å². The van der Waals surface area contributed by atoms with Crippen LogP contribution in [-0.2, 0) is 14.6 Å². The van der Waals surface area contributed by atoms with Gasteiger partial charge in [0.1, 0.15) is 10.7 Å². The van der Waals surface area contributed by atoms with Gasteiger partial charge in [-0.3, -0.25) is 4.79 Å². The van der Waals surface area contributed by atoms with Crippen molar-refractivity contribution in [2.45, 2.75) is 44.6 Å². The maximum Gasteiger partial charge on any atom is 0.227 e. The third-order valence-electron chi connectivity index (χ3n) is 4.43. The highest BCUT2D eigenvalue weighted by atomic mass is 32.2. The molecule has 1 aromatic rings. The van der Waals surface area contributed by atoms with Crippen LogP contribution in [0.15, 0.2) is 23.1 Å². The topological polar surface area (TPSA) is 89.3 Å². The van der Waals surface area contributed by atoms with Crippen LogP contribution < -0.4 is 11.1 Å². The average Bonchev–Trinajstić information content (AvgIpc) is 2.48. The largest absolute Gasteiger partial charge is 0.349 e. The van der Waals surface area contributed by atoms with Gasteiger partial charge in [0.2, 0.25) is 5.91 Å². The van der Waals surface area contributed by atoms with Crippen LogP contribution in [-0.4, -0.2) is 27.1 Å². The quantitative estimate of drug-likeness (QED) is 0.793. The third kappa shape index (κ3) is 4.29. The number of amides is 1. The second-order valence-electron chi connectivity index (χ2n) is 5.85. The molecule has 130 valence electrons. The van der Waals surface area contributed by atoms with Gasteiger partial charge in [-0.25, -0.2) is 12.8 Å². The highest BCUT2D eigenvalue weighted by Gasteiger charge is 2.34. The molecule has 0 aliphatic heterocycles. The summed E-state index contributed by atoms with van der Waals surface area (Å²) in [5.74, 6) is -0.993. The number of carbonyl (C=O) groups excluding carboxylic acids is 1. The maximum atomic E-state index is 14.0. The van der Waals surface area contributed by atoms with E-state index in [0.717, 1.165) is 12.3 Å². The van der Waals surface area contributed by atoms with Crippen LogP contribution in [0, 0.1) is 11.2 Å². The summed E-state index contributed by atoms with van der Waals surface area (Å²) in [5.41, 5.74) is 5.61. The minimum atomic E-state index is -3.61. The number of benzene rings is 1. The van der Waals surface area contributed by atoms with Gasteiger partial charge in [-0.15, -0.1) is 0 Å². The lowest BCUT2D eigenvalue weighted by Gasteiger charge is -2.30. The number of hydrogen-bond acceptors (Lipinski definition) is 4. The predicted molar refractivity (Wildman–Crippen MR) is 88.1 cm³/mol. The third-order valence-corrected chi connectivity index (χ3v) is 5.56. The Bertz CT molecular complexity index is 662. The SMILES string of the molecule is CCC(CC)(CN)C(=O)NC(C)c1ccc(S(C)(=O)=O)c(F)c1. The van der Waals surface area contributed by atoms with Crippen LogP contribution in [0.4, 0.5) is 4.39 Å². The average molecular weight is 344 g/mol. The molecule has 0 bridgehead atoms. The fourth-order valence-corrected chi connectivity index (χ4v) is 3.20. The van der Waals surface area contributed by atoms with Gasteiger partial charge < -0.3 is 11.1 Å². The molecule has 0 aliphatic carbocycles. The van der Waals surface area contributed by atoms with Crippen molar-refractivity contribution in [2.24, 2.45) is 11.1 Å². The Hall–Kier alpha value is -1.47. The number of sulfone groups is 1. The molecular formula is C16H25FN2O3S. The van der Waals surface area contributed by atoms with Gasteiger partial charge in [-0.05, 0) is 37.5 Å². The summed E-state index contributed by atoms with van der Waals surface area (Å²) in [4.78, 5) is 12.1. The first-order valence-electron chi connectivity index (χ1n) is 7.61. The number of rotatable bonds is 7. The highest BCUT2D eigenvalue weighted by Crippen LogP contribution is 2.27. The Morgan fingerprint density at radius 2 is 1.91 bits per heavy atom. The van der Waals surface area contributed by atoms with E-state index < -0.39 is 27.1 Å². The minimum absolute atomic E-state index is 0.176. The minimum Gasteiger partial charge on any atom is -0.349 e. The molecular weight excluding hydrogens is 319 g/mol. The molecule has 0 radical (unpaired) electrons. The summed E-state index contributed by atoms with van der Waals surface area (Å²) in [6.07, 6.45) is 2.17. The number of halogens is 1. The van der Waals surface area contributed by atoms with Crippen molar-refractivity contribution in [3.05, 3.63) is 29.6 Å². The molecule has 0 saturated carbocycles. The van der Waals surface area contributed by atoms with Crippen LogP contribution in [0.5, 0.6) is 0 Å². The van der Waals surface area contributed by atoms with E-state index in [0.29, 0.717) is 18.4 Å². The van der Waals surface area contributed by atoms with Gasteiger partial charge in [-0.1, -0.05) is 19.9 Å². The molecule has 1 aromatic carbocycles. The number of carbonyl (C=O) groups is 1. The van der Waals surface area contributed by atoms with Gasteiger partial charge in [0, 0.05) is 12.8 Å². The van der Waals surface area contributed by atoms with E-state index in [9.17, 15) is 17.6 Å². The molecule has 0 spiro atoms. The molecule has 0 aromatic heterocycles. The number of nitrogens with two attached hydrogens (primary N) is 1. The van der Waals surface area contributed by atoms with E-state index in [4.69, 9.17) is 5.73 Å². The van der Waals surface area contributed by atoms with E-state index in [1.807, 2.05) is 13.8 Å². The molecule has 0 saturated heterocycles. The van der Waals surface area contributed by atoms with Gasteiger partial charge in [0.25, 0.3) is 0 Å². The number of hydrogen-bond donors (Lipinski definition) is 2. The summed E-state index contributed by atoms with van der Waals surface area (Å²) in [5, 5.41) is 2.84. The van der Waals surface area contributed by atoms with E-state index >= 15 is 0 Å². The standard InChI is InChI=1S/C16H25FN2O3S/c1-5-16(6-2,10-18)15(20)19-11(3)12-7-8-14(13(17)9-12)23(4,21)22/h7-9,11H,5-6,10,18H2,1-4H3,(H,19,20). The smallest absolute Gasteiger partial charge is 0.227 e. The van der Waals surface area contributed by atoms with Crippen molar-refractivity contribution in [2.75, 3.05) is 12.8 Å². The molecule has 0 aliphatic rings. The Balaban J connectivity index is 3.01. The van der Waals surface area contributed by atoms with E-state index in [-0.39, 0.29) is 17.3 Å². The first kappa shape index (κ1) is 19.6. The second-order valence-corrected chi connectivity index (χ2v) is 7.83. The maximum absolute atomic E-state index is 14.0. The fourth-order valence-electron chi connectivity index (χ4n) is 2.47. The summed E-state index contributed by atoms with van der Waals surface area (Å²) < 4.78 is 36.8. The Labute approximate surface area is 137 Å². The van der Waals surface area contributed by atoms with Gasteiger partial charge in [-0.2, -0.15) is 0 Å². The zero-order valence-corrected chi connectivity index (χ0v) is 14.8. The molecule has 5 nitrogen and oxygen atoms in total. The normalized spacial score (nSPS) is 13.7. The Morgan fingerprint density at radius 3 is 2.30 bits per heavy atom. The number of nitrogens with one attached hydrogen (secondary N) is 1. The summed E-state index contributed by atoms with van der Waals surface area (Å²) in [6.45, 7) is 5.77. The zero-order valence-electron chi connectivity index (χ0n) is 14.0. The van der Waals surface area contributed by atoms with Crippen molar-refractivity contribution in [3.63, 3.8) is 0 Å². The molecule has 1 atom stereocenters. The highest BCUT2D eigenvalue weighted by molar-refractivity contribution is 7.90. The van der Waals surface area contributed by atoms with Crippen molar-refractivity contribution in [1.82, 2.24) is 5.32 Å². The van der Waals surface area contributed by atoms with Crippen molar-refractivity contribution < 1.29 is 17.6 Å². The van der Waals surface area contributed by atoms with Crippen molar-refractivity contribution >= 4 is 15.7 Å². The second kappa shape index (κ2) is 7.40. The predicted octanol–water partition coefficient (Wildman–Crippen LogP) is 2.17. The molecule has 23 heavy (non-hydrogen) atoms. The van der Waals surface area contributed by atoms with Gasteiger partial charge >= 0.3 is 0 Å². The summed E-state index contributed by atoms with van der Waals surface area (Å²) >= 11 is 0. The molecule has 1 unspecified atom stereocenters. The van der Waals surface area contributed by atoms with Gasteiger partial charge in [0.15, 0.2) is 9.84 Å². The first-order chi connectivity index (χ1) is 10.6.